The Morgan fingerprint density at radius 2 is 1.83 bits per heavy atom. The molecule has 2 aromatic rings. The first-order valence-electron chi connectivity index (χ1n) is 7.02. The largest absolute Gasteiger partial charge is 0.495 e. The Balaban J connectivity index is 2.01. The van der Waals surface area contributed by atoms with Crippen LogP contribution in [-0.4, -0.2) is 26.7 Å². The average molecular weight is 346 g/mol. The van der Waals surface area contributed by atoms with Crippen molar-refractivity contribution < 1.29 is 14.3 Å². The van der Waals surface area contributed by atoms with E-state index < -0.39 is 0 Å². The van der Waals surface area contributed by atoms with Crippen LogP contribution in [0.2, 0.25) is 5.02 Å². The smallest absolute Gasteiger partial charge is 0.243 e. The van der Waals surface area contributed by atoms with Crippen molar-refractivity contribution in [3.05, 3.63) is 47.0 Å². The standard InChI is InChI=1S/C17H16ClN3O3/c1-23-15-8-14(16(24-2)7-13(15)18)20-10-17(22)21-12-5-3-11(9-19)4-6-12/h3-8,20H,10H2,1-2H3,(H,21,22). The molecule has 0 aliphatic heterocycles. The number of anilines is 2. The zero-order valence-corrected chi connectivity index (χ0v) is 14.0. The van der Waals surface area contributed by atoms with Gasteiger partial charge < -0.3 is 20.1 Å². The SMILES string of the molecule is COc1cc(NCC(=O)Nc2ccc(C#N)cc2)c(OC)cc1Cl. The van der Waals surface area contributed by atoms with Crippen LogP contribution in [0.1, 0.15) is 5.56 Å². The molecule has 0 saturated heterocycles. The Kier molecular flexibility index (Phi) is 5.88. The zero-order chi connectivity index (χ0) is 17.5. The summed E-state index contributed by atoms with van der Waals surface area (Å²) in [5, 5.41) is 14.9. The molecule has 24 heavy (non-hydrogen) atoms. The van der Waals surface area contributed by atoms with E-state index in [2.05, 4.69) is 10.6 Å². The highest BCUT2D eigenvalue weighted by Crippen LogP contribution is 2.35. The molecule has 2 rings (SSSR count). The fraction of sp³-hybridized carbons (Fsp3) is 0.176. The quantitative estimate of drug-likeness (QED) is 0.839. The highest BCUT2D eigenvalue weighted by Gasteiger charge is 2.11. The third kappa shape index (κ3) is 4.31. The van der Waals surface area contributed by atoms with E-state index >= 15 is 0 Å². The van der Waals surface area contributed by atoms with E-state index in [9.17, 15) is 4.79 Å². The number of rotatable bonds is 6. The first-order chi connectivity index (χ1) is 11.6. The number of methoxy groups -OCH3 is 2. The van der Waals surface area contributed by atoms with Gasteiger partial charge in [0, 0.05) is 17.8 Å². The van der Waals surface area contributed by atoms with Gasteiger partial charge in [0.15, 0.2) is 0 Å². The second-order valence-electron chi connectivity index (χ2n) is 4.78. The molecule has 6 nitrogen and oxygen atoms in total. The van der Waals surface area contributed by atoms with Crippen molar-refractivity contribution in [3.8, 4) is 17.6 Å². The van der Waals surface area contributed by atoms with Crippen LogP contribution in [-0.2, 0) is 4.79 Å². The summed E-state index contributed by atoms with van der Waals surface area (Å²) in [6, 6.07) is 11.9. The minimum Gasteiger partial charge on any atom is -0.495 e. The zero-order valence-electron chi connectivity index (χ0n) is 13.2. The number of carbonyl (C=O) groups is 1. The summed E-state index contributed by atoms with van der Waals surface area (Å²) in [6.45, 7) is 0.0289. The lowest BCUT2D eigenvalue weighted by Crippen LogP contribution is -2.22. The maximum Gasteiger partial charge on any atom is 0.243 e. The van der Waals surface area contributed by atoms with Crippen LogP contribution >= 0.6 is 11.6 Å². The van der Waals surface area contributed by atoms with Gasteiger partial charge in [0.2, 0.25) is 5.91 Å². The maximum atomic E-state index is 12.0. The van der Waals surface area contributed by atoms with Crippen molar-refractivity contribution >= 4 is 28.9 Å². The summed E-state index contributed by atoms with van der Waals surface area (Å²) in [5.74, 6) is 0.745. The molecule has 0 aliphatic carbocycles. The second kappa shape index (κ2) is 8.09. The average Bonchev–Trinajstić information content (AvgIpc) is 2.60. The van der Waals surface area contributed by atoms with Gasteiger partial charge in [-0.25, -0.2) is 0 Å². The Morgan fingerprint density at radius 3 is 2.42 bits per heavy atom. The number of amides is 1. The highest BCUT2D eigenvalue weighted by molar-refractivity contribution is 6.32. The van der Waals surface area contributed by atoms with Crippen LogP contribution < -0.4 is 20.1 Å². The molecule has 0 aliphatic rings. The van der Waals surface area contributed by atoms with Crippen molar-refractivity contribution in [1.29, 1.82) is 5.26 Å². The van der Waals surface area contributed by atoms with E-state index in [1.54, 1.807) is 36.4 Å². The molecule has 0 fully saturated rings. The molecule has 0 radical (unpaired) electrons. The molecule has 2 N–H and O–H groups in total. The van der Waals surface area contributed by atoms with Crippen LogP contribution in [0, 0.1) is 11.3 Å². The molecular formula is C17H16ClN3O3. The molecule has 0 saturated carbocycles. The molecule has 0 aromatic heterocycles. The third-order valence-corrected chi connectivity index (χ3v) is 3.51. The van der Waals surface area contributed by atoms with Crippen molar-refractivity contribution in [2.75, 3.05) is 31.4 Å². The summed E-state index contributed by atoms with van der Waals surface area (Å²) >= 11 is 6.04. The van der Waals surface area contributed by atoms with Gasteiger partial charge in [-0.3, -0.25) is 4.79 Å². The molecule has 0 heterocycles. The van der Waals surface area contributed by atoms with E-state index in [4.69, 9.17) is 26.3 Å². The molecular weight excluding hydrogens is 330 g/mol. The van der Waals surface area contributed by atoms with Crippen LogP contribution in [0.3, 0.4) is 0 Å². The Hall–Kier alpha value is -2.91. The lowest BCUT2D eigenvalue weighted by atomic mass is 10.2. The monoisotopic (exact) mass is 345 g/mol. The number of ether oxygens (including phenoxy) is 2. The molecule has 0 bridgehead atoms. The van der Waals surface area contributed by atoms with Crippen LogP contribution in [0.25, 0.3) is 0 Å². The van der Waals surface area contributed by atoms with Gasteiger partial charge in [0.1, 0.15) is 11.5 Å². The normalized spacial score (nSPS) is 9.75. The number of nitrogens with zero attached hydrogens (tertiary/aromatic N) is 1. The van der Waals surface area contributed by atoms with Gasteiger partial charge in [-0.15, -0.1) is 0 Å². The summed E-state index contributed by atoms with van der Waals surface area (Å²) in [7, 11) is 3.02. The van der Waals surface area contributed by atoms with E-state index in [1.807, 2.05) is 6.07 Å². The predicted molar refractivity (Wildman–Crippen MR) is 92.8 cm³/mol. The predicted octanol–water partition coefficient (Wildman–Crippen LogP) is 3.28. The summed E-state index contributed by atoms with van der Waals surface area (Å²) < 4.78 is 10.4. The Morgan fingerprint density at radius 1 is 1.17 bits per heavy atom. The summed E-state index contributed by atoms with van der Waals surface area (Å²) in [5.41, 5.74) is 1.74. The van der Waals surface area contributed by atoms with Gasteiger partial charge in [0.05, 0.1) is 43.1 Å². The number of benzene rings is 2. The minimum atomic E-state index is -0.240. The van der Waals surface area contributed by atoms with Gasteiger partial charge in [-0.05, 0) is 24.3 Å². The van der Waals surface area contributed by atoms with Crippen molar-refractivity contribution in [1.82, 2.24) is 0 Å². The molecule has 7 heteroatoms. The van der Waals surface area contributed by atoms with Crippen molar-refractivity contribution in [2.45, 2.75) is 0 Å². The van der Waals surface area contributed by atoms with E-state index in [1.165, 1.54) is 14.2 Å². The van der Waals surface area contributed by atoms with Crippen molar-refractivity contribution in [3.63, 3.8) is 0 Å². The molecule has 0 unspecified atom stereocenters. The fourth-order valence-corrected chi connectivity index (χ4v) is 2.24. The first kappa shape index (κ1) is 17.4. The number of nitriles is 1. The lowest BCUT2D eigenvalue weighted by molar-refractivity contribution is -0.114. The van der Waals surface area contributed by atoms with Crippen LogP contribution in [0.5, 0.6) is 11.5 Å². The Labute approximate surface area is 144 Å². The number of nitrogens with one attached hydrogen (secondary N) is 2. The lowest BCUT2D eigenvalue weighted by Gasteiger charge is -2.14. The first-order valence-corrected chi connectivity index (χ1v) is 7.40. The van der Waals surface area contributed by atoms with E-state index in [-0.39, 0.29) is 12.5 Å². The minimum absolute atomic E-state index is 0.0289. The highest BCUT2D eigenvalue weighted by atomic mass is 35.5. The molecule has 124 valence electrons. The van der Waals surface area contributed by atoms with E-state index in [0.29, 0.717) is 33.5 Å². The molecule has 0 spiro atoms. The topological polar surface area (TPSA) is 83.4 Å². The maximum absolute atomic E-state index is 12.0. The van der Waals surface area contributed by atoms with Gasteiger partial charge in [0.25, 0.3) is 0 Å². The van der Waals surface area contributed by atoms with E-state index in [0.717, 1.165) is 0 Å². The van der Waals surface area contributed by atoms with Crippen LogP contribution in [0.15, 0.2) is 36.4 Å². The van der Waals surface area contributed by atoms with Crippen LogP contribution in [0.4, 0.5) is 11.4 Å². The summed E-state index contributed by atoms with van der Waals surface area (Å²) in [6.07, 6.45) is 0. The molecule has 2 aromatic carbocycles. The fourth-order valence-electron chi connectivity index (χ4n) is 2.01. The van der Waals surface area contributed by atoms with Gasteiger partial charge >= 0.3 is 0 Å². The number of hydrogen-bond donors (Lipinski definition) is 2. The number of carbonyl (C=O) groups excluding carboxylic acids is 1. The van der Waals surface area contributed by atoms with Gasteiger partial charge in [-0.2, -0.15) is 5.26 Å². The number of hydrogen-bond acceptors (Lipinski definition) is 5. The third-order valence-electron chi connectivity index (χ3n) is 3.21. The summed E-state index contributed by atoms with van der Waals surface area (Å²) in [4.78, 5) is 12.0. The number of halogens is 1. The second-order valence-corrected chi connectivity index (χ2v) is 5.19. The molecule has 1 amide bonds. The van der Waals surface area contributed by atoms with Crippen molar-refractivity contribution in [2.24, 2.45) is 0 Å². The van der Waals surface area contributed by atoms with Gasteiger partial charge in [-0.1, -0.05) is 11.6 Å². The molecule has 0 atom stereocenters. The Bertz CT molecular complexity index is 770.